The lowest BCUT2D eigenvalue weighted by Crippen LogP contribution is -1.97. The Bertz CT molecular complexity index is 446. The summed E-state index contributed by atoms with van der Waals surface area (Å²) in [5, 5.41) is 3.72. The summed E-state index contributed by atoms with van der Waals surface area (Å²) < 4.78 is 5.97. The van der Waals surface area contributed by atoms with E-state index in [1.165, 1.54) is 0 Å². The van der Waals surface area contributed by atoms with Gasteiger partial charge >= 0.3 is 0 Å². The standard InChI is InChI=1S/C9H8BrN3O.ClH/c10-7-4-2-1-3-6(7)9-12-8(5-11)13-14-9;/h1-4H,5,11H2;1H. The zero-order valence-electron chi connectivity index (χ0n) is 7.68. The van der Waals surface area contributed by atoms with E-state index in [0.717, 1.165) is 10.0 Å². The fraction of sp³-hybridized carbons (Fsp3) is 0.111. The molecule has 6 heteroatoms. The van der Waals surface area contributed by atoms with Crippen LogP contribution in [0.3, 0.4) is 0 Å². The first-order valence-corrected chi connectivity index (χ1v) is 4.88. The summed E-state index contributed by atoms with van der Waals surface area (Å²) in [6, 6.07) is 7.65. The van der Waals surface area contributed by atoms with Gasteiger partial charge in [-0.2, -0.15) is 4.98 Å². The lowest BCUT2D eigenvalue weighted by Gasteiger charge is -1.95. The summed E-state index contributed by atoms with van der Waals surface area (Å²) in [5.41, 5.74) is 6.26. The molecular formula is C9H9BrClN3O. The van der Waals surface area contributed by atoms with Gasteiger partial charge in [0.05, 0.1) is 12.1 Å². The van der Waals surface area contributed by atoms with Crippen LogP contribution in [0.1, 0.15) is 5.82 Å². The summed E-state index contributed by atoms with van der Waals surface area (Å²) in [6.07, 6.45) is 0. The molecule has 1 aromatic carbocycles. The maximum atomic E-state index is 5.38. The lowest BCUT2D eigenvalue weighted by molar-refractivity contribution is 0.422. The molecule has 15 heavy (non-hydrogen) atoms. The molecular weight excluding hydrogens is 281 g/mol. The Morgan fingerprint density at radius 3 is 2.67 bits per heavy atom. The molecule has 0 aliphatic rings. The van der Waals surface area contributed by atoms with Gasteiger partial charge in [-0.3, -0.25) is 0 Å². The van der Waals surface area contributed by atoms with Crippen molar-refractivity contribution in [2.24, 2.45) is 5.73 Å². The van der Waals surface area contributed by atoms with E-state index < -0.39 is 0 Å². The summed E-state index contributed by atoms with van der Waals surface area (Å²) in [4.78, 5) is 4.13. The first-order chi connectivity index (χ1) is 6.81. The summed E-state index contributed by atoms with van der Waals surface area (Å²) in [6.45, 7) is 0.286. The van der Waals surface area contributed by atoms with Gasteiger partial charge in [0, 0.05) is 4.47 Å². The van der Waals surface area contributed by atoms with E-state index in [9.17, 15) is 0 Å². The van der Waals surface area contributed by atoms with Crippen molar-refractivity contribution >= 4 is 28.3 Å². The molecule has 4 nitrogen and oxygen atoms in total. The Hall–Kier alpha value is -0.910. The molecule has 0 radical (unpaired) electrons. The molecule has 0 aliphatic heterocycles. The zero-order chi connectivity index (χ0) is 9.97. The molecule has 2 aromatic rings. The van der Waals surface area contributed by atoms with Crippen molar-refractivity contribution in [1.29, 1.82) is 0 Å². The Morgan fingerprint density at radius 1 is 1.33 bits per heavy atom. The normalized spacial score (nSPS) is 9.73. The number of hydrogen-bond acceptors (Lipinski definition) is 4. The molecule has 2 N–H and O–H groups in total. The van der Waals surface area contributed by atoms with Crippen molar-refractivity contribution < 1.29 is 4.52 Å². The quantitative estimate of drug-likeness (QED) is 0.922. The van der Waals surface area contributed by atoms with Crippen LogP contribution in [-0.4, -0.2) is 10.1 Å². The molecule has 0 saturated carbocycles. The Balaban J connectivity index is 0.00000112. The minimum Gasteiger partial charge on any atom is -0.334 e. The van der Waals surface area contributed by atoms with E-state index in [4.69, 9.17) is 10.3 Å². The third-order valence-corrected chi connectivity index (χ3v) is 2.45. The fourth-order valence-corrected chi connectivity index (χ4v) is 1.54. The molecule has 0 amide bonds. The smallest absolute Gasteiger partial charge is 0.259 e. The Kier molecular flexibility index (Phi) is 4.26. The van der Waals surface area contributed by atoms with Crippen LogP contribution in [0.15, 0.2) is 33.3 Å². The van der Waals surface area contributed by atoms with Gasteiger partial charge in [-0.15, -0.1) is 12.4 Å². The predicted octanol–water partition coefficient (Wildman–Crippen LogP) is 2.38. The first kappa shape index (κ1) is 12.2. The van der Waals surface area contributed by atoms with Crippen LogP contribution in [0, 0.1) is 0 Å². The van der Waals surface area contributed by atoms with Gasteiger partial charge in [0.15, 0.2) is 5.82 Å². The van der Waals surface area contributed by atoms with Gasteiger partial charge in [0.25, 0.3) is 5.89 Å². The highest BCUT2D eigenvalue weighted by Crippen LogP contribution is 2.25. The van der Waals surface area contributed by atoms with E-state index in [0.29, 0.717) is 11.7 Å². The number of nitrogens with two attached hydrogens (primary N) is 1. The second kappa shape index (κ2) is 5.25. The predicted molar refractivity (Wildman–Crippen MR) is 62.6 cm³/mol. The molecule has 0 saturated heterocycles. The molecule has 1 aromatic heterocycles. The van der Waals surface area contributed by atoms with Crippen molar-refractivity contribution in [1.82, 2.24) is 10.1 Å². The molecule has 0 unspecified atom stereocenters. The topological polar surface area (TPSA) is 64.9 Å². The first-order valence-electron chi connectivity index (χ1n) is 4.09. The Labute approximate surface area is 101 Å². The molecule has 0 fully saturated rings. The minimum atomic E-state index is 0. The van der Waals surface area contributed by atoms with Crippen LogP contribution in [0.4, 0.5) is 0 Å². The van der Waals surface area contributed by atoms with Crippen LogP contribution in [0.2, 0.25) is 0 Å². The van der Waals surface area contributed by atoms with Crippen molar-refractivity contribution in [3.63, 3.8) is 0 Å². The second-order valence-electron chi connectivity index (χ2n) is 2.70. The van der Waals surface area contributed by atoms with Crippen molar-refractivity contribution in [2.45, 2.75) is 6.54 Å². The number of aromatic nitrogens is 2. The molecule has 1 heterocycles. The minimum absolute atomic E-state index is 0. The highest BCUT2D eigenvalue weighted by molar-refractivity contribution is 9.10. The van der Waals surface area contributed by atoms with Gasteiger partial charge in [-0.25, -0.2) is 0 Å². The van der Waals surface area contributed by atoms with Crippen molar-refractivity contribution in [3.8, 4) is 11.5 Å². The third-order valence-electron chi connectivity index (χ3n) is 1.75. The SMILES string of the molecule is Cl.NCc1noc(-c2ccccc2Br)n1. The molecule has 0 aliphatic carbocycles. The van der Waals surface area contributed by atoms with Gasteiger partial charge in [-0.1, -0.05) is 17.3 Å². The second-order valence-corrected chi connectivity index (χ2v) is 3.55. The maximum absolute atomic E-state index is 5.38. The van der Waals surface area contributed by atoms with E-state index in [1.807, 2.05) is 24.3 Å². The van der Waals surface area contributed by atoms with Crippen molar-refractivity contribution in [3.05, 3.63) is 34.6 Å². The van der Waals surface area contributed by atoms with Gasteiger partial charge in [0.2, 0.25) is 0 Å². The van der Waals surface area contributed by atoms with E-state index in [2.05, 4.69) is 26.1 Å². The summed E-state index contributed by atoms with van der Waals surface area (Å²) in [5.74, 6) is 0.994. The zero-order valence-corrected chi connectivity index (χ0v) is 10.1. The highest BCUT2D eigenvalue weighted by atomic mass is 79.9. The average Bonchev–Trinajstić information content (AvgIpc) is 2.67. The number of hydrogen-bond donors (Lipinski definition) is 1. The molecule has 0 bridgehead atoms. The number of benzene rings is 1. The monoisotopic (exact) mass is 289 g/mol. The van der Waals surface area contributed by atoms with Gasteiger partial charge in [0.1, 0.15) is 0 Å². The summed E-state index contributed by atoms with van der Waals surface area (Å²) >= 11 is 3.41. The largest absolute Gasteiger partial charge is 0.334 e. The fourth-order valence-electron chi connectivity index (χ4n) is 1.08. The summed E-state index contributed by atoms with van der Waals surface area (Å²) in [7, 11) is 0. The lowest BCUT2D eigenvalue weighted by atomic mass is 10.2. The highest BCUT2D eigenvalue weighted by Gasteiger charge is 2.09. The number of nitrogens with zero attached hydrogens (tertiary/aromatic N) is 2. The van der Waals surface area contributed by atoms with Crippen LogP contribution in [0.25, 0.3) is 11.5 Å². The molecule has 0 spiro atoms. The van der Waals surface area contributed by atoms with E-state index in [-0.39, 0.29) is 19.0 Å². The van der Waals surface area contributed by atoms with Crippen molar-refractivity contribution in [2.75, 3.05) is 0 Å². The molecule has 80 valence electrons. The molecule has 0 atom stereocenters. The number of halogens is 2. The van der Waals surface area contributed by atoms with Crippen LogP contribution < -0.4 is 5.73 Å². The number of rotatable bonds is 2. The Morgan fingerprint density at radius 2 is 2.07 bits per heavy atom. The van der Waals surface area contributed by atoms with Crippen LogP contribution >= 0.6 is 28.3 Å². The van der Waals surface area contributed by atoms with Crippen LogP contribution in [-0.2, 0) is 6.54 Å². The van der Waals surface area contributed by atoms with Crippen LogP contribution in [0.5, 0.6) is 0 Å². The van der Waals surface area contributed by atoms with E-state index in [1.54, 1.807) is 0 Å². The van der Waals surface area contributed by atoms with Gasteiger partial charge < -0.3 is 10.3 Å². The average molecular weight is 291 g/mol. The van der Waals surface area contributed by atoms with E-state index >= 15 is 0 Å². The third kappa shape index (κ3) is 2.56. The molecule has 2 rings (SSSR count). The maximum Gasteiger partial charge on any atom is 0.259 e. The van der Waals surface area contributed by atoms with Gasteiger partial charge in [-0.05, 0) is 28.1 Å².